The highest BCUT2D eigenvalue weighted by Gasteiger charge is 2.04. The molecule has 0 amide bonds. The molecular weight excluding hydrogens is 689 g/mol. The van der Waals surface area contributed by atoms with Gasteiger partial charge in [0.15, 0.2) is 0 Å². The zero-order valence-corrected chi connectivity index (χ0v) is 39.2. The molecule has 0 bridgehead atoms. The van der Waals surface area contributed by atoms with E-state index in [0.29, 0.717) is 26.1 Å². The van der Waals surface area contributed by atoms with E-state index in [2.05, 4.69) is 27.7 Å². The van der Waals surface area contributed by atoms with Crippen LogP contribution in [0.15, 0.2) is 0 Å². The minimum Gasteiger partial charge on any atom is -0.466 e. The van der Waals surface area contributed by atoms with Crippen LogP contribution in [0.4, 0.5) is 0 Å². The third-order valence-electron chi connectivity index (χ3n) is 11.5. The number of carbonyl (C=O) groups excluding carboxylic acids is 2. The van der Waals surface area contributed by atoms with Crippen LogP contribution in [-0.2, 0) is 19.1 Å². The molecule has 0 N–H and O–H groups in total. The van der Waals surface area contributed by atoms with E-state index in [4.69, 9.17) is 9.47 Å². The molecule has 0 saturated heterocycles. The van der Waals surface area contributed by atoms with Gasteiger partial charge in [-0.3, -0.25) is 9.59 Å². The first kappa shape index (κ1) is 57.0. The highest BCUT2D eigenvalue weighted by atomic mass is 16.5. The molecule has 0 rings (SSSR count). The first-order valence-electron chi connectivity index (χ1n) is 25.9. The monoisotopic (exact) mass is 793 g/mol. The van der Waals surface area contributed by atoms with Crippen molar-refractivity contribution in [2.24, 2.45) is 0 Å². The molecule has 0 saturated carbocycles. The van der Waals surface area contributed by atoms with Crippen molar-refractivity contribution >= 4 is 11.9 Å². The van der Waals surface area contributed by atoms with Gasteiger partial charge in [-0.15, -0.1) is 0 Å². The van der Waals surface area contributed by atoms with Crippen LogP contribution in [0.25, 0.3) is 0 Å². The SMILES string of the molecule is CCCCCCCCCCCCCCCCCC(=O)OCCCCCCCC.CCCCCCCCCCCCCCCCCC(=O)OCCCCCCCC. The Morgan fingerprint density at radius 1 is 0.232 bits per heavy atom. The van der Waals surface area contributed by atoms with Crippen LogP contribution < -0.4 is 0 Å². The molecule has 0 aliphatic heterocycles. The van der Waals surface area contributed by atoms with Crippen LogP contribution >= 0.6 is 0 Å². The van der Waals surface area contributed by atoms with Crippen molar-refractivity contribution < 1.29 is 19.1 Å². The smallest absolute Gasteiger partial charge is 0.305 e. The van der Waals surface area contributed by atoms with Crippen molar-refractivity contribution in [3.8, 4) is 0 Å². The third kappa shape index (κ3) is 55.0. The molecule has 0 atom stereocenters. The van der Waals surface area contributed by atoms with E-state index in [-0.39, 0.29) is 11.9 Å². The minimum atomic E-state index is 0.0169. The molecule has 4 heteroatoms. The van der Waals surface area contributed by atoms with Gasteiger partial charge in [0.1, 0.15) is 0 Å². The number of unbranched alkanes of at least 4 members (excludes halogenated alkanes) is 38. The quantitative estimate of drug-likeness (QED) is 0.0455. The standard InChI is InChI=1S/2C26H52O2/c2*1-3-5-7-9-11-12-13-14-15-16-17-18-19-20-22-24-26(27)28-25-23-21-10-8-6-4-2/h2*3-25H2,1-2H3. The molecule has 336 valence electrons. The molecule has 0 aliphatic carbocycles. The van der Waals surface area contributed by atoms with Crippen LogP contribution in [0.2, 0.25) is 0 Å². The summed E-state index contributed by atoms with van der Waals surface area (Å²) in [6.07, 6.45) is 57.0. The van der Waals surface area contributed by atoms with E-state index < -0.39 is 0 Å². The second kappa shape index (κ2) is 53.9. The summed E-state index contributed by atoms with van der Waals surface area (Å²) in [6, 6.07) is 0. The lowest BCUT2D eigenvalue weighted by molar-refractivity contribution is -0.144. The number of carbonyl (C=O) groups is 2. The van der Waals surface area contributed by atoms with Crippen molar-refractivity contribution in [2.45, 2.75) is 310 Å². The van der Waals surface area contributed by atoms with E-state index in [1.54, 1.807) is 0 Å². The Labute approximate surface area is 353 Å². The highest BCUT2D eigenvalue weighted by molar-refractivity contribution is 5.69. The molecule has 56 heavy (non-hydrogen) atoms. The van der Waals surface area contributed by atoms with Gasteiger partial charge in [-0.1, -0.05) is 272 Å². The molecule has 0 aliphatic rings. The number of ether oxygens (including phenoxy) is 2. The first-order valence-corrected chi connectivity index (χ1v) is 25.9. The molecule has 0 radical (unpaired) electrons. The summed E-state index contributed by atoms with van der Waals surface area (Å²) in [5.74, 6) is 0.0338. The summed E-state index contributed by atoms with van der Waals surface area (Å²) in [5.41, 5.74) is 0. The summed E-state index contributed by atoms with van der Waals surface area (Å²) in [5, 5.41) is 0. The summed E-state index contributed by atoms with van der Waals surface area (Å²) in [6.45, 7) is 10.3. The molecule has 0 fully saturated rings. The fourth-order valence-corrected chi connectivity index (χ4v) is 7.56. The molecular formula is C52H104O4. The summed E-state index contributed by atoms with van der Waals surface area (Å²) in [4.78, 5) is 23.4. The van der Waals surface area contributed by atoms with E-state index in [0.717, 1.165) is 25.7 Å². The second-order valence-corrected chi connectivity index (χ2v) is 17.4. The molecule has 0 aromatic carbocycles. The number of hydrogen-bond acceptors (Lipinski definition) is 4. The van der Waals surface area contributed by atoms with Gasteiger partial charge in [0, 0.05) is 12.8 Å². The summed E-state index contributed by atoms with van der Waals surface area (Å²) < 4.78 is 10.7. The van der Waals surface area contributed by atoms with Gasteiger partial charge >= 0.3 is 11.9 Å². The highest BCUT2D eigenvalue weighted by Crippen LogP contribution is 2.16. The van der Waals surface area contributed by atoms with Gasteiger partial charge in [0.05, 0.1) is 13.2 Å². The van der Waals surface area contributed by atoms with Gasteiger partial charge in [-0.2, -0.15) is 0 Å². The Kier molecular flexibility index (Phi) is 54.9. The van der Waals surface area contributed by atoms with Crippen molar-refractivity contribution in [3.63, 3.8) is 0 Å². The van der Waals surface area contributed by atoms with Crippen molar-refractivity contribution in [2.75, 3.05) is 13.2 Å². The van der Waals surface area contributed by atoms with Gasteiger partial charge in [-0.05, 0) is 25.7 Å². The van der Waals surface area contributed by atoms with Gasteiger partial charge in [0.25, 0.3) is 0 Å². The maximum atomic E-state index is 11.7. The normalized spacial score (nSPS) is 11.1. The Balaban J connectivity index is 0. The fraction of sp³-hybridized carbons (Fsp3) is 0.962. The first-order chi connectivity index (χ1) is 27.6. The molecule has 0 aromatic heterocycles. The zero-order valence-electron chi connectivity index (χ0n) is 39.2. The Morgan fingerprint density at radius 3 is 0.589 bits per heavy atom. The van der Waals surface area contributed by atoms with Crippen LogP contribution in [0.5, 0.6) is 0 Å². The molecule has 0 heterocycles. The van der Waals surface area contributed by atoms with Crippen LogP contribution in [0.3, 0.4) is 0 Å². The van der Waals surface area contributed by atoms with Gasteiger partial charge < -0.3 is 9.47 Å². The van der Waals surface area contributed by atoms with Gasteiger partial charge in [-0.25, -0.2) is 0 Å². The minimum absolute atomic E-state index is 0.0169. The second-order valence-electron chi connectivity index (χ2n) is 17.4. The van der Waals surface area contributed by atoms with E-state index in [9.17, 15) is 9.59 Å². The molecule has 0 aromatic rings. The van der Waals surface area contributed by atoms with Crippen molar-refractivity contribution in [1.82, 2.24) is 0 Å². The van der Waals surface area contributed by atoms with Crippen molar-refractivity contribution in [3.05, 3.63) is 0 Å². The lowest BCUT2D eigenvalue weighted by Crippen LogP contribution is -2.05. The average molecular weight is 793 g/mol. The summed E-state index contributed by atoms with van der Waals surface area (Å²) in [7, 11) is 0. The number of rotatable bonds is 46. The molecule has 0 unspecified atom stereocenters. The van der Waals surface area contributed by atoms with E-state index in [1.165, 1.54) is 244 Å². The van der Waals surface area contributed by atoms with Crippen LogP contribution in [0, 0.1) is 0 Å². The number of hydrogen-bond donors (Lipinski definition) is 0. The predicted molar refractivity (Wildman–Crippen MR) is 248 cm³/mol. The average Bonchev–Trinajstić information content (AvgIpc) is 3.20. The lowest BCUT2D eigenvalue weighted by atomic mass is 10.0. The van der Waals surface area contributed by atoms with Crippen molar-refractivity contribution in [1.29, 1.82) is 0 Å². The van der Waals surface area contributed by atoms with Gasteiger partial charge in [0.2, 0.25) is 0 Å². The Hall–Kier alpha value is -1.06. The maximum absolute atomic E-state index is 11.7. The zero-order chi connectivity index (χ0) is 41.1. The molecule has 4 nitrogen and oxygen atoms in total. The Morgan fingerprint density at radius 2 is 0.393 bits per heavy atom. The van der Waals surface area contributed by atoms with Crippen LogP contribution in [0.1, 0.15) is 310 Å². The fourth-order valence-electron chi connectivity index (χ4n) is 7.56. The van der Waals surface area contributed by atoms with Crippen LogP contribution in [-0.4, -0.2) is 25.2 Å². The number of esters is 2. The van der Waals surface area contributed by atoms with E-state index in [1.807, 2.05) is 0 Å². The maximum Gasteiger partial charge on any atom is 0.305 e. The Bertz CT molecular complexity index is 662. The molecule has 0 spiro atoms. The van der Waals surface area contributed by atoms with E-state index >= 15 is 0 Å². The topological polar surface area (TPSA) is 52.6 Å². The predicted octanol–water partition coefficient (Wildman–Crippen LogP) is 18.3. The lowest BCUT2D eigenvalue weighted by Gasteiger charge is -2.05. The largest absolute Gasteiger partial charge is 0.466 e. The summed E-state index contributed by atoms with van der Waals surface area (Å²) >= 11 is 0. The third-order valence-corrected chi connectivity index (χ3v) is 11.5.